The minimum atomic E-state index is -0.158. The van der Waals surface area contributed by atoms with Gasteiger partial charge in [0.05, 0.1) is 5.69 Å². The molecule has 1 aliphatic rings. The Kier molecular flexibility index (Phi) is 5.64. The third-order valence-electron chi connectivity index (χ3n) is 4.29. The Hall–Kier alpha value is -2.14. The largest absolute Gasteiger partial charge is 0.366 e. The van der Waals surface area contributed by atoms with Gasteiger partial charge in [0.25, 0.3) is 0 Å². The molecule has 0 radical (unpaired) electrons. The molecule has 24 heavy (non-hydrogen) atoms. The van der Waals surface area contributed by atoms with Crippen LogP contribution in [-0.4, -0.2) is 42.7 Å². The van der Waals surface area contributed by atoms with Gasteiger partial charge in [0, 0.05) is 32.7 Å². The summed E-state index contributed by atoms with van der Waals surface area (Å²) in [6.45, 7) is 4.01. The van der Waals surface area contributed by atoms with Crippen LogP contribution in [0.15, 0.2) is 54.6 Å². The first kappa shape index (κ1) is 16.7. The molecule has 0 aromatic heterocycles. The molecule has 1 N–H and O–H groups in total. The first-order chi connectivity index (χ1) is 11.7. The van der Waals surface area contributed by atoms with Crippen molar-refractivity contribution in [3.63, 3.8) is 0 Å². The summed E-state index contributed by atoms with van der Waals surface area (Å²) in [7, 11) is 0. The van der Waals surface area contributed by atoms with Gasteiger partial charge in [-0.15, -0.1) is 0 Å². The summed E-state index contributed by atoms with van der Waals surface area (Å²) >= 11 is 5.49. The highest BCUT2D eigenvalue weighted by Gasteiger charge is 2.20. The van der Waals surface area contributed by atoms with Gasteiger partial charge < -0.3 is 15.1 Å². The van der Waals surface area contributed by atoms with E-state index in [4.69, 9.17) is 12.2 Å². The first-order valence-electron chi connectivity index (χ1n) is 8.30. The van der Waals surface area contributed by atoms with Crippen molar-refractivity contribution < 1.29 is 4.39 Å². The maximum absolute atomic E-state index is 13.9. The molecule has 0 unspecified atom stereocenters. The Labute approximate surface area is 148 Å². The summed E-state index contributed by atoms with van der Waals surface area (Å²) in [6.07, 6.45) is 0.955. The number of thiocarbonyl (C=S) groups is 1. The molecule has 1 fully saturated rings. The van der Waals surface area contributed by atoms with E-state index in [-0.39, 0.29) is 5.82 Å². The van der Waals surface area contributed by atoms with Crippen molar-refractivity contribution in [2.45, 2.75) is 6.42 Å². The third kappa shape index (κ3) is 4.23. The summed E-state index contributed by atoms with van der Waals surface area (Å²) in [6, 6.07) is 17.3. The molecule has 0 saturated carbocycles. The number of hydrogen-bond acceptors (Lipinski definition) is 2. The van der Waals surface area contributed by atoms with Crippen molar-refractivity contribution in [1.82, 2.24) is 10.2 Å². The molecule has 1 aliphatic heterocycles. The van der Waals surface area contributed by atoms with Gasteiger partial charge >= 0.3 is 0 Å². The maximum atomic E-state index is 13.9. The summed E-state index contributed by atoms with van der Waals surface area (Å²) in [5, 5.41) is 4.12. The molecule has 2 aromatic rings. The topological polar surface area (TPSA) is 18.5 Å². The zero-order valence-corrected chi connectivity index (χ0v) is 14.4. The lowest BCUT2D eigenvalue weighted by molar-refractivity contribution is 0.378. The summed E-state index contributed by atoms with van der Waals surface area (Å²) < 4.78 is 13.9. The first-order valence-corrected chi connectivity index (χ1v) is 8.71. The van der Waals surface area contributed by atoms with Gasteiger partial charge in [0.1, 0.15) is 5.82 Å². The minimum Gasteiger partial charge on any atom is -0.366 e. The zero-order chi connectivity index (χ0) is 16.8. The number of nitrogens with one attached hydrogen (secondary N) is 1. The van der Waals surface area contributed by atoms with Crippen LogP contribution in [0.3, 0.4) is 0 Å². The number of halogens is 1. The highest BCUT2D eigenvalue weighted by atomic mass is 32.1. The van der Waals surface area contributed by atoms with Crippen LogP contribution in [0.5, 0.6) is 0 Å². The minimum absolute atomic E-state index is 0.158. The van der Waals surface area contributed by atoms with E-state index in [1.165, 1.54) is 11.6 Å². The lowest BCUT2D eigenvalue weighted by Gasteiger charge is -2.37. The molecule has 5 heteroatoms. The fourth-order valence-corrected chi connectivity index (χ4v) is 3.21. The quantitative estimate of drug-likeness (QED) is 0.860. The average Bonchev–Trinajstić information content (AvgIpc) is 2.63. The van der Waals surface area contributed by atoms with E-state index in [1.807, 2.05) is 18.2 Å². The molecule has 3 nitrogen and oxygen atoms in total. The third-order valence-corrected chi connectivity index (χ3v) is 4.70. The van der Waals surface area contributed by atoms with Crippen molar-refractivity contribution in [3.05, 3.63) is 66.0 Å². The second-order valence-corrected chi connectivity index (χ2v) is 6.28. The standard InChI is InChI=1S/C19H22FN3S/c20-17-8-4-5-9-18(17)22-12-14-23(15-13-22)19(24)21-11-10-16-6-2-1-3-7-16/h1-9H,10-15H2,(H,21,24). The number of rotatable bonds is 4. The van der Waals surface area contributed by atoms with E-state index in [0.717, 1.165) is 44.3 Å². The Morgan fingerprint density at radius 3 is 2.33 bits per heavy atom. The van der Waals surface area contributed by atoms with E-state index in [0.29, 0.717) is 5.69 Å². The van der Waals surface area contributed by atoms with Crippen LogP contribution in [0.25, 0.3) is 0 Å². The van der Waals surface area contributed by atoms with Crippen LogP contribution in [-0.2, 0) is 6.42 Å². The monoisotopic (exact) mass is 343 g/mol. The normalized spacial score (nSPS) is 14.5. The summed E-state index contributed by atoms with van der Waals surface area (Å²) in [4.78, 5) is 4.25. The second kappa shape index (κ2) is 8.11. The highest BCUT2D eigenvalue weighted by Crippen LogP contribution is 2.20. The van der Waals surface area contributed by atoms with Crippen molar-refractivity contribution in [2.75, 3.05) is 37.6 Å². The van der Waals surface area contributed by atoms with Gasteiger partial charge in [-0.1, -0.05) is 42.5 Å². The van der Waals surface area contributed by atoms with Crippen LogP contribution in [0.2, 0.25) is 0 Å². The van der Waals surface area contributed by atoms with Crippen LogP contribution in [0.4, 0.5) is 10.1 Å². The molecule has 0 spiro atoms. The van der Waals surface area contributed by atoms with E-state index < -0.39 is 0 Å². The van der Waals surface area contributed by atoms with Crippen LogP contribution in [0, 0.1) is 5.82 Å². The SMILES string of the molecule is Fc1ccccc1N1CCN(C(=S)NCCc2ccccc2)CC1. The van der Waals surface area contributed by atoms with E-state index in [2.05, 4.69) is 39.4 Å². The Balaban J connectivity index is 1.44. The van der Waals surface area contributed by atoms with Gasteiger partial charge in [-0.2, -0.15) is 0 Å². The molecule has 0 bridgehead atoms. The number of piperazine rings is 1. The Morgan fingerprint density at radius 1 is 0.958 bits per heavy atom. The van der Waals surface area contributed by atoms with Gasteiger partial charge in [0.15, 0.2) is 5.11 Å². The van der Waals surface area contributed by atoms with Gasteiger partial charge in [0.2, 0.25) is 0 Å². The molecule has 126 valence electrons. The molecular formula is C19H22FN3S. The zero-order valence-electron chi connectivity index (χ0n) is 13.6. The number of benzene rings is 2. The number of nitrogens with zero attached hydrogens (tertiary/aromatic N) is 2. The molecule has 0 aliphatic carbocycles. The molecule has 0 atom stereocenters. The highest BCUT2D eigenvalue weighted by molar-refractivity contribution is 7.80. The second-order valence-electron chi connectivity index (χ2n) is 5.89. The number of hydrogen-bond donors (Lipinski definition) is 1. The molecule has 1 saturated heterocycles. The van der Waals surface area contributed by atoms with Crippen molar-refractivity contribution in [3.8, 4) is 0 Å². The molecule has 2 aromatic carbocycles. The lowest BCUT2D eigenvalue weighted by atomic mass is 10.1. The Morgan fingerprint density at radius 2 is 1.62 bits per heavy atom. The van der Waals surface area contributed by atoms with Crippen molar-refractivity contribution in [2.24, 2.45) is 0 Å². The van der Waals surface area contributed by atoms with Crippen LogP contribution < -0.4 is 10.2 Å². The van der Waals surface area contributed by atoms with Crippen LogP contribution in [0.1, 0.15) is 5.56 Å². The molecule has 3 rings (SSSR count). The molecule has 1 heterocycles. The number of para-hydroxylation sites is 1. The van der Waals surface area contributed by atoms with E-state index in [9.17, 15) is 4.39 Å². The van der Waals surface area contributed by atoms with Crippen LogP contribution >= 0.6 is 12.2 Å². The van der Waals surface area contributed by atoms with Gasteiger partial charge in [-0.3, -0.25) is 0 Å². The fourth-order valence-electron chi connectivity index (χ4n) is 2.93. The summed E-state index contributed by atoms with van der Waals surface area (Å²) in [5.41, 5.74) is 1.98. The average molecular weight is 343 g/mol. The predicted molar refractivity (Wildman–Crippen MR) is 101 cm³/mol. The number of anilines is 1. The maximum Gasteiger partial charge on any atom is 0.169 e. The molecular weight excluding hydrogens is 321 g/mol. The van der Waals surface area contributed by atoms with Crippen molar-refractivity contribution in [1.29, 1.82) is 0 Å². The Bertz CT molecular complexity index is 669. The van der Waals surface area contributed by atoms with E-state index in [1.54, 1.807) is 6.07 Å². The van der Waals surface area contributed by atoms with E-state index >= 15 is 0 Å². The van der Waals surface area contributed by atoms with Gasteiger partial charge in [-0.05, 0) is 36.3 Å². The van der Waals surface area contributed by atoms with Gasteiger partial charge in [-0.25, -0.2) is 4.39 Å². The summed E-state index contributed by atoms with van der Waals surface area (Å²) in [5.74, 6) is -0.158. The molecule has 0 amide bonds. The lowest BCUT2D eigenvalue weighted by Crippen LogP contribution is -2.52. The fraction of sp³-hybridized carbons (Fsp3) is 0.316. The van der Waals surface area contributed by atoms with Crippen molar-refractivity contribution >= 4 is 23.0 Å². The predicted octanol–water partition coefficient (Wildman–Crippen LogP) is 3.06. The smallest absolute Gasteiger partial charge is 0.169 e.